The highest BCUT2D eigenvalue weighted by Gasteiger charge is 2.20. The van der Waals surface area contributed by atoms with E-state index in [1.165, 1.54) is 0 Å². The minimum absolute atomic E-state index is 0.612. The van der Waals surface area contributed by atoms with Crippen molar-refractivity contribution in [2.24, 2.45) is 0 Å². The Morgan fingerprint density at radius 3 is 1.76 bits per heavy atom. The highest BCUT2D eigenvalue weighted by atomic mass is 16.3. The number of benzene rings is 6. The first-order valence-electron chi connectivity index (χ1n) is 15.4. The van der Waals surface area contributed by atoms with E-state index in [0.29, 0.717) is 5.89 Å². The predicted molar refractivity (Wildman–Crippen MR) is 188 cm³/mol. The van der Waals surface area contributed by atoms with E-state index in [1.54, 1.807) is 0 Å². The van der Waals surface area contributed by atoms with E-state index in [1.807, 2.05) is 72.8 Å². The van der Waals surface area contributed by atoms with Crippen LogP contribution in [0.4, 0.5) is 17.1 Å². The molecule has 0 radical (unpaired) electrons. The predicted octanol–water partition coefficient (Wildman–Crippen LogP) is 10.9. The fraction of sp³-hybridized carbons (Fsp3) is 0.0488. The SMILES string of the molecule is Cc1cc(N(c2ccccc2)c2ccc(-c3nc4ccccc4o3)cc2)c(C)cc1-c1nc2ccccc2nc1-c1ccccc1. The summed E-state index contributed by atoms with van der Waals surface area (Å²) in [6.07, 6.45) is 0. The van der Waals surface area contributed by atoms with Crippen LogP contribution in [0.2, 0.25) is 0 Å². The van der Waals surface area contributed by atoms with Gasteiger partial charge in [-0.05, 0) is 97.8 Å². The monoisotopic (exact) mass is 594 g/mol. The molecule has 0 aliphatic carbocycles. The Bertz CT molecular complexity index is 2300. The van der Waals surface area contributed by atoms with Crippen LogP contribution in [-0.2, 0) is 0 Å². The summed E-state index contributed by atoms with van der Waals surface area (Å²) >= 11 is 0. The Balaban J connectivity index is 1.24. The van der Waals surface area contributed by atoms with Gasteiger partial charge in [-0.15, -0.1) is 0 Å². The number of rotatable bonds is 6. The largest absolute Gasteiger partial charge is 0.436 e. The van der Waals surface area contributed by atoms with Gasteiger partial charge in [-0.2, -0.15) is 0 Å². The van der Waals surface area contributed by atoms with E-state index in [4.69, 9.17) is 19.4 Å². The van der Waals surface area contributed by atoms with Crippen LogP contribution in [0.3, 0.4) is 0 Å². The summed E-state index contributed by atoms with van der Waals surface area (Å²) in [5.74, 6) is 0.612. The lowest BCUT2D eigenvalue weighted by Crippen LogP contribution is -2.12. The minimum Gasteiger partial charge on any atom is -0.436 e. The zero-order valence-electron chi connectivity index (χ0n) is 25.6. The summed E-state index contributed by atoms with van der Waals surface area (Å²) in [7, 11) is 0. The van der Waals surface area contributed by atoms with Gasteiger partial charge in [-0.25, -0.2) is 15.0 Å². The highest BCUT2D eigenvalue weighted by molar-refractivity contribution is 5.89. The summed E-state index contributed by atoms with van der Waals surface area (Å²) in [4.78, 5) is 17.3. The van der Waals surface area contributed by atoms with Gasteiger partial charge < -0.3 is 9.32 Å². The molecule has 0 N–H and O–H groups in total. The molecule has 8 rings (SSSR count). The van der Waals surface area contributed by atoms with Crippen LogP contribution in [-0.4, -0.2) is 15.0 Å². The highest BCUT2D eigenvalue weighted by Crippen LogP contribution is 2.41. The van der Waals surface area contributed by atoms with E-state index in [9.17, 15) is 0 Å². The van der Waals surface area contributed by atoms with Crippen LogP contribution in [0.15, 0.2) is 150 Å². The van der Waals surface area contributed by atoms with E-state index in [-0.39, 0.29) is 0 Å². The zero-order chi connectivity index (χ0) is 31.0. The van der Waals surface area contributed by atoms with Crippen LogP contribution in [0.5, 0.6) is 0 Å². The number of anilines is 3. The van der Waals surface area contributed by atoms with Gasteiger partial charge in [0, 0.05) is 33.8 Å². The number of aryl methyl sites for hydroxylation is 2. The van der Waals surface area contributed by atoms with Crippen LogP contribution in [0.1, 0.15) is 11.1 Å². The normalized spacial score (nSPS) is 11.3. The molecule has 5 nitrogen and oxygen atoms in total. The number of oxazole rings is 1. The molecular formula is C41H30N4O. The van der Waals surface area contributed by atoms with Crippen molar-refractivity contribution in [3.8, 4) is 34.0 Å². The maximum Gasteiger partial charge on any atom is 0.227 e. The van der Waals surface area contributed by atoms with Crippen LogP contribution < -0.4 is 4.90 Å². The molecule has 220 valence electrons. The van der Waals surface area contributed by atoms with Gasteiger partial charge in [-0.3, -0.25) is 0 Å². The lowest BCUT2D eigenvalue weighted by Gasteiger charge is -2.28. The minimum atomic E-state index is 0.612. The number of aromatic nitrogens is 3. The molecule has 5 heteroatoms. The van der Waals surface area contributed by atoms with Crippen molar-refractivity contribution in [3.05, 3.63) is 157 Å². The summed E-state index contributed by atoms with van der Waals surface area (Å²) in [6.45, 7) is 4.32. The maximum absolute atomic E-state index is 6.05. The molecule has 8 aromatic rings. The van der Waals surface area contributed by atoms with Crippen molar-refractivity contribution < 1.29 is 4.42 Å². The van der Waals surface area contributed by atoms with E-state index in [0.717, 1.165) is 78.4 Å². The van der Waals surface area contributed by atoms with Crippen LogP contribution in [0.25, 0.3) is 56.1 Å². The fourth-order valence-corrected chi connectivity index (χ4v) is 6.04. The smallest absolute Gasteiger partial charge is 0.227 e. The average molecular weight is 595 g/mol. The molecule has 0 unspecified atom stereocenters. The molecule has 6 aromatic carbocycles. The third-order valence-electron chi connectivity index (χ3n) is 8.34. The zero-order valence-corrected chi connectivity index (χ0v) is 25.6. The first-order chi connectivity index (χ1) is 22.6. The Labute approximate surface area is 267 Å². The van der Waals surface area contributed by atoms with E-state index < -0.39 is 0 Å². The van der Waals surface area contributed by atoms with Gasteiger partial charge in [-0.1, -0.05) is 72.8 Å². The summed E-state index contributed by atoms with van der Waals surface area (Å²) in [5.41, 5.74) is 13.6. The molecule has 0 saturated heterocycles. The number of para-hydroxylation sites is 5. The third-order valence-corrected chi connectivity index (χ3v) is 8.34. The molecule has 46 heavy (non-hydrogen) atoms. The fourth-order valence-electron chi connectivity index (χ4n) is 6.04. The van der Waals surface area contributed by atoms with Gasteiger partial charge in [0.2, 0.25) is 5.89 Å². The molecule has 0 fully saturated rings. The summed E-state index contributed by atoms with van der Waals surface area (Å²) in [5, 5.41) is 0. The number of nitrogens with zero attached hydrogens (tertiary/aromatic N) is 4. The first kappa shape index (κ1) is 27.5. The molecule has 0 spiro atoms. The summed E-state index contributed by atoms with van der Waals surface area (Å²) in [6, 6.07) is 49.6. The first-order valence-corrected chi connectivity index (χ1v) is 15.4. The third kappa shape index (κ3) is 4.98. The van der Waals surface area contributed by atoms with Crippen molar-refractivity contribution in [3.63, 3.8) is 0 Å². The molecule has 0 aliphatic rings. The van der Waals surface area contributed by atoms with Gasteiger partial charge in [0.1, 0.15) is 5.52 Å². The second kappa shape index (κ2) is 11.5. The van der Waals surface area contributed by atoms with Crippen molar-refractivity contribution >= 4 is 39.2 Å². The number of hydrogen-bond donors (Lipinski definition) is 0. The Morgan fingerprint density at radius 1 is 0.478 bits per heavy atom. The van der Waals surface area contributed by atoms with Crippen LogP contribution >= 0.6 is 0 Å². The van der Waals surface area contributed by atoms with Gasteiger partial charge >= 0.3 is 0 Å². The standard InChI is InChI=1S/C41H30N4O/c1-27-26-37(28(2)25-33(27)40-39(29-13-5-3-6-14-29)42-34-17-9-10-18-35(34)43-40)45(31-15-7-4-8-16-31)32-23-21-30(22-24-32)41-44-36-19-11-12-20-38(36)46-41/h3-26H,1-2H3. The van der Waals surface area contributed by atoms with E-state index in [2.05, 4.69) is 91.5 Å². The average Bonchev–Trinajstić information content (AvgIpc) is 3.55. The topological polar surface area (TPSA) is 55.1 Å². The molecule has 0 aliphatic heterocycles. The quantitative estimate of drug-likeness (QED) is 0.192. The molecule has 0 saturated carbocycles. The van der Waals surface area contributed by atoms with Gasteiger partial charge in [0.15, 0.2) is 5.58 Å². The number of fused-ring (bicyclic) bond motifs is 2. The van der Waals surface area contributed by atoms with Gasteiger partial charge in [0.05, 0.1) is 22.4 Å². The van der Waals surface area contributed by atoms with Crippen molar-refractivity contribution in [1.82, 2.24) is 15.0 Å². The van der Waals surface area contributed by atoms with Crippen LogP contribution in [0, 0.1) is 13.8 Å². The van der Waals surface area contributed by atoms with Gasteiger partial charge in [0.25, 0.3) is 0 Å². The second-order valence-electron chi connectivity index (χ2n) is 11.4. The Kier molecular flexibility index (Phi) is 6.84. The molecule has 0 amide bonds. The molecular weight excluding hydrogens is 564 g/mol. The lowest BCUT2D eigenvalue weighted by atomic mass is 9.96. The van der Waals surface area contributed by atoms with Crippen molar-refractivity contribution in [2.45, 2.75) is 13.8 Å². The molecule has 0 atom stereocenters. The number of hydrogen-bond acceptors (Lipinski definition) is 5. The Morgan fingerprint density at radius 2 is 1.07 bits per heavy atom. The molecule has 2 heterocycles. The summed E-state index contributed by atoms with van der Waals surface area (Å²) < 4.78 is 6.05. The van der Waals surface area contributed by atoms with Crippen molar-refractivity contribution in [1.29, 1.82) is 0 Å². The lowest BCUT2D eigenvalue weighted by molar-refractivity contribution is 0.620. The molecule has 0 bridgehead atoms. The maximum atomic E-state index is 6.05. The second-order valence-corrected chi connectivity index (χ2v) is 11.4. The van der Waals surface area contributed by atoms with E-state index >= 15 is 0 Å². The molecule has 2 aromatic heterocycles. The Hall–Kier alpha value is -6.07. The van der Waals surface area contributed by atoms with Crippen molar-refractivity contribution in [2.75, 3.05) is 4.90 Å².